The molecule has 0 radical (unpaired) electrons. The Morgan fingerprint density at radius 3 is 2.67 bits per heavy atom. The largest absolute Gasteiger partial charge is 0.478 e. The first kappa shape index (κ1) is 14.9. The van der Waals surface area contributed by atoms with Crippen molar-refractivity contribution in [2.24, 2.45) is 0 Å². The van der Waals surface area contributed by atoms with Gasteiger partial charge in [0.1, 0.15) is 5.01 Å². The van der Waals surface area contributed by atoms with E-state index in [-0.39, 0.29) is 11.3 Å². The summed E-state index contributed by atoms with van der Waals surface area (Å²) in [4.78, 5) is 23.0. The lowest BCUT2D eigenvalue weighted by Crippen LogP contribution is -2.21. The molecule has 0 spiro atoms. The van der Waals surface area contributed by atoms with Gasteiger partial charge in [0, 0.05) is 0 Å². The standard InChI is InChI=1S/C13H14N4O3S/c1-3-10-16-17-13(21-10)15-12(20)14-9-5-4-7(2)6-8(9)11(18)19/h4-6H,3H2,1-2H3,(H,18,19)(H2,14,15,17,20). The van der Waals surface area contributed by atoms with Gasteiger partial charge in [-0.25, -0.2) is 9.59 Å². The van der Waals surface area contributed by atoms with Crippen molar-refractivity contribution in [3.63, 3.8) is 0 Å². The van der Waals surface area contributed by atoms with Gasteiger partial charge in [-0.1, -0.05) is 29.9 Å². The number of anilines is 2. The maximum atomic E-state index is 11.9. The molecule has 2 rings (SSSR count). The van der Waals surface area contributed by atoms with Crippen molar-refractivity contribution in [3.05, 3.63) is 34.3 Å². The highest BCUT2D eigenvalue weighted by atomic mass is 32.1. The van der Waals surface area contributed by atoms with E-state index in [9.17, 15) is 9.59 Å². The van der Waals surface area contributed by atoms with Gasteiger partial charge in [-0.15, -0.1) is 10.2 Å². The number of amides is 2. The van der Waals surface area contributed by atoms with Crippen molar-refractivity contribution in [1.82, 2.24) is 10.2 Å². The summed E-state index contributed by atoms with van der Waals surface area (Å²) >= 11 is 1.27. The molecule has 0 aliphatic rings. The summed E-state index contributed by atoms with van der Waals surface area (Å²) in [5.74, 6) is -1.10. The van der Waals surface area contributed by atoms with E-state index in [0.717, 1.165) is 17.0 Å². The molecule has 3 N–H and O–H groups in total. The van der Waals surface area contributed by atoms with Gasteiger partial charge >= 0.3 is 12.0 Å². The summed E-state index contributed by atoms with van der Waals surface area (Å²) < 4.78 is 0. The lowest BCUT2D eigenvalue weighted by Gasteiger charge is -2.09. The predicted octanol–water partition coefficient (Wildman–Crippen LogP) is 2.75. The number of hydrogen-bond acceptors (Lipinski definition) is 5. The monoisotopic (exact) mass is 306 g/mol. The minimum atomic E-state index is -1.10. The first-order chi connectivity index (χ1) is 9.99. The summed E-state index contributed by atoms with van der Waals surface area (Å²) in [7, 11) is 0. The first-order valence-corrected chi connectivity index (χ1v) is 7.05. The van der Waals surface area contributed by atoms with E-state index in [2.05, 4.69) is 20.8 Å². The average molecular weight is 306 g/mol. The fraction of sp³-hybridized carbons (Fsp3) is 0.231. The third-order valence-corrected chi connectivity index (χ3v) is 3.63. The number of carbonyl (C=O) groups is 2. The Balaban J connectivity index is 2.10. The summed E-state index contributed by atoms with van der Waals surface area (Å²) in [5, 5.41) is 23.1. The number of urea groups is 1. The number of carbonyl (C=O) groups excluding carboxylic acids is 1. The van der Waals surface area contributed by atoms with Gasteiger partial charge in [-0.3, -0.25) is 5.32 Å². The summed E-state index contributed by atoms with van der Waals surface area (Å²) in [5.41, 5.74) is 1.07. The molecule has 1 aromatic heterocycles. The van der Waals surface area contributed by atoms with Crippen LogP contribution in [0.1, 0.15) is 27.9 Å². The van der Waals surface area contributed by atoms with Crippen LogP contribution < -0.4 is 10.6 Å². The molecule has 0 unspecified atom stereocenters. The number of carboxylic acids is 1. The van der Waals surface area contributed by atoms with E-state index in [1.807, 2.05) is 6.92 Å². The number of hydrogen-bond donors (Lipinski definition) is 3. The van der Waals surface area contributed by atoms with Crippen LogP contribution in [0.25, 0.3) is 0 Å². The molecular weight excluding hydrogens is 292 g/mol. The number of aryl methyl sites for hydroxylation is 2. The Morgan fingerprint density at radius 2 is 2.05 bits per heavy atom. The zero-order valence-corrected chi connectivity index (χ0v) is 12.3. The highest BCUT2D eigenvalue weighted by Crippen LogP contribution is 2.19. The van der Waals surface area contributed by atoms with Crippen molar-refractivity contribution < 1.29 is 14.7 Å². The summed E-state index contributed by atoms with van der Waals surface area (Å²) in [6.45, 7) is 3.72. The maximum Gasteiger partial charge on any atom is 0.337 e. The highest BCUT2D eigenvalue weighted by Gasteiger charge is 2.13. The van der Waals surface area contributed by atoms with Crippen molar-refractivity contribution in [2.45, 2.75) is 20.3 Å². The summed E-state index contributed by atoms with van der Waals surface area (Å²) in [6, 6.07) is 4.22. The van der Waals surface area contributed by atoms with Crippen LogP contribution in [0.4, 0.5) is 15.6 Å². The van der Waals surface area contributed by atoms with Crippen LogP contribution in [-0.2, 0) is 6.42 Å². The van der Waals surface area contributed by atoms with Crippen LogP contribution in [0, 0.1) is 6.92 Å². The number of aromatic nitrogens is 2. The molecule has 7 nitrogen and oxygen atoms in total. The molecule has 1 heterocycles. The molecule has 0 aliphatic carbocycles. The Morgan fingerprint density at radius 1 is 1.29 bits per heavy atom. The molecule has 21 heavy (non-hydrogen) atoms. The Labute approximate surface area is 125 Å². The third-order valence-electron chi connectivity index (χ3n) is 2.64. The number of aromatic carboxylic acids is 1. The van der Waals surface area contributed by atoms with E-state index in [4.69, 9.17) is 5.11 Å². The van der Waals surface area contributed by atoms with Crippen molar-refractivity contribution in [3.8, 4) is 0 Å². The lowest BCUT2D eigenvalue weighted by molar-refractivity contribution is 0.0698. The molecule has 2 amide bonds. The minimum Gasteiger partial charge on any atom is -0.478 e. The summed E-state index contributed by atoms with van der Waals surface area (Å²) in [6.07, 6.45) is 0.738. The second-order valence-electron chi connectivity index (χ2n) is 4.29. The molecular formula is C13H14N4O3S. The fourth-order valence-corrected chi connectivity index (χ4v) is 2.32. The van der Waals surface area contributed by atoms with E-state index in [1.165, 1.54) is 17.4 Å². The smallest absolute Gasteiger partial charge is 0.337 e. The highest BCUT2D eigenvalue weighted by molar-refractivity contribution is 7.15. The minimum absolute atomic E-state index is 0.0386. The average Bonchev–Trinajstić information content (AvgIpc) is 2.88. The van der Waals surface area contributed by atoms with Crippen LogP contribution in [0.5, 0.6) is 0 Å². The zero-order valence-electron chi connectivity index (χ0n) is 11.5. The van der Waals surface area contributed by atoms with Crippen LogP contribution in [0.15, 0.2) is 18.2 Å². The van der Waals surface area contributed by atoms with Crippen LogP contribution in [0.2, 0.25) is 0 Å². The molecule has 0 aliphatic heterocycles. The predicted molar refractivity (Wildman–Crippen MR) is 80.1 cm³/mol. The van der Waals surface area contributed by atoms with Crippen molar-refractivity contribution in [2.75, 3.05) is 10.6 Å². The first-order valence-electron chi connectivity index (χ1n) is 6.24. The SMILES string of the molecule is CCc1nnc(NC(=O)Nc2ccc(C)cc2C(=O)O)s1. The molecule has 2 aromatic rings. The molecule has 0 saturated carbocycles. The number of rotatable bonds is 4. The van der Waals surface area contributed by atoms with Gasteiger partial charge < -0.3 is 10.4 Å². The van der Waals surface area contributed by atoms with Gasteiger partial charge in [0.25, 0.3) is 0 Å². The van der Waals surface area contributed by atoms with E-state index in [0.29, 0.717) is 5.13 Å². The Bertz CT molecular complexity index is 684. The van der Waals surface area contributed by atoms with Gasteiger partial charge in [0.2, 0.25) is 5.13 Å². The van der Waals surface area contributed by atoms with Gasteiger partial charge in [-0.05, 0) is 25.5 Å². The number of nitrogens with zero attached hydrogens (tertiary/aromatic N) is 2. The van der Waals surface area contributed by atoms with E-state index in [1.54, 1.807) is 19.1 Å². The quantitative estimate of drug-likeness (QED) is 0.805. The van der Waals surface area contributed by atoms with Crippen molar-refractivity contribution in [1.29, 1.82) is 0 Å². The fourth-order valence-electron chi connectivity index (χ4n) is 1.64. The van der Waals surface area contributed by atoms with Gasteiger partial charge in [0.05, 0.1) is 11.3 Å². The van der Waals surface area contributed by atoms with Gasteiger partial charge in [-0.2, -0.15) is 0 Å². The zero-order chi connectivity index (χ0) is 15.4. The van der Waals surface area contributed by atoms with Gasteiger partial charge in [0.15, 0.2) is 0 Å². The molecule has 1 aromatic carbocycles. The molecule has 110 valence electrons. The molecule has 0 saturated heterocycles. The van der Waals surface area contributed by atoms with E-state index < -0.39 is 12.0 Å². The third kappa shape index (κ3) is 3.76. The molecule has 0 atom stereocenters. The molecule has 0 bridgehead atoms. The lowest BCUT2D eigenvalue weighted by atomic mass is 10.1. The maximum absolute atomic E-state index is 11.9. The number of benzene rings is 1. The normalized spacial score (nSPS) is 10.2. The topological polar surface area (TPSA) is 104 Å². The van der Waals surface area contributed by atoms with E-state index >= 15 is 0 Å². The van der Waals surface area contributed by atoms with Crippen LogP contribution in [-0.4, -0.2) is 27.3 Å². The molecule has 0 fully saturated rings. The second kappa shape index (κ2) is 6.31. The van der Waals surface area contributed by atoms with Crippen molar-refractivity contribution >= 4 is 34.2 Å². The number of nitrogens with one attached hydrogen (secondary N) is 2. The Hall–Kier alpha value is -2.48. The Kier molecular flexibility index (Phi) is 4.49. The number of carboxylic acid groups (broad SMARTS) is 1. The van der Waals surface area contributed by atoms with Crippen LogP contribution in [0.3, 0.4) is 0 Å². The second-order valence-corrected chi connectivity index (χ2v) is 5.35. The molecule has 8 heteroatoms. The van der Waals surface area contributed by atoms with Crippen LogP contribution >= 0.6 is 11.3 Å².